The van der Waals surface area contributed by atoms with Crippen molar-refractivity contribution < 1.29 is 14.3 Å². The lowest BCUT2D eigenvalue weighted by Gasteiger charge is -2.25. The Balaban J connectivity index is 0.00000149. The number of anilines is 1. The first-order valence-electron chi connectivity index (χ1n) is 11.4. The van der Waals surface area contributed by atoms with E-state index in [1.165, 1.54) is 6.33 Å². The van der Waals surface area contributed by atoms with Crippen molar-refractivity contribution in [1.82, 2.24) is 15.3 Å². The Morgan fingerprint density at radius 3 is 2.58 bits per heavy atom. The minimum atomic E-state index is -0.728. The second-order valence-corrected chi connectivity index (χ2v) is 7.70. The van der Waals surface area contributed by atoms with E-state index in [4.69, 9.17) is 15.2 Å². The van der Waals surface area contributed by atoms with Gasteiger partial charge in [0, 0.05) is 11.5 Å². The van der Waals surface area contributed by atoms with Crippen LogP contribution in [0, 0.1) is 6.92 Å². The van der Waals surface area contributed by atoms with Crippen molar-refractivity contribution in [3.05, 3.63) is 53.9 Å². The summed E-state index contributed by atoms with van der Waals surface area (Å²) in [7, 11) is 1.61. The highest BCUT2D eigenvalue weighted by Crippen LogP contribution is 2.36. The minimum Gasteiger partial charge on any atom is -0.493 e. The van der Waals surface area contributed by atoms with Crippen molar-refractivity contribution >= 4 is 22.6 Å². The Morgan fingerprint density at radius 2 is 1.91 bits per heavy atom. The van der Waals surface area contributed by atoms with E-state index < -0.39 is 11.9 Å². The van der Waals surface area contributed by atoms with Gasteiger partial charge in [-0.15, -0.1) is 0 Å². The number of nitrogens with one attached hydrogen (secondary N) is 2. The molecule has 0 saturated carbocycles. The molecule has 2 aromatic carbocycles. The lowest BCUT2D eigenvalue weighted by molar-refractivity contribution is -0.118. The fourth-order valence-corrected chi connectivity index (χ4v) is 3.83. The number of rotatable bonds is 7. The lowest BCUT2D eigenvalue weighted by atomic mass is 10.0. The fraction of sp³-hybridized carbons (Fsp3) is 0.400. The molecule has 1 atom stereocenters. The largest absolute Gasteiger partial charge is 0.493 e. The average Bonchev–Trinajstić information content (AvgIpc) is 2.84. The molecule has 2 heterocycles. The number of methoxy groups -OCH3 is 1. The maximum atomic E-state index is 12.2. The Labute approximate surface area is 194 Å². The van der Waals surface area contributed by atoms with Crippen molar-refractivity contribution in [2.45, 2.75) is 45.8 Å². The second-order valence-electron chi connectivity index (χ2n) is 7.70. The number of carbonyl (C=O) groups is 1. The Morgan fingerprint density at radius 1 is 1.15 bits per heavy atom. The number of piperidine rings is 1. The second kappa shape index (κ2) is 11.5. The van der Waals surface area contributed by atoms with Crippen LogP contribution < -0.4 is 25.8 Å². The van der Waals surface area contributed by atoms with E-state index in [0.29, 0.717) is 22.8 Å². The van der Waals surface area contributed by atoms with Gasteiger partial charge in [0.05, 0.1) is 12.6 Å². The molecule has 176 valence electrons. The number of hydrogen-bond donors (Lipinski definition) is 3. The number of nitrogens with zero attached hydrogens (tertiary/aromatic N) is 2. The van der Waals surface area contributed by atoms with Crippen LogP contribution in [-0.2, 0) is 4.79 Å². The number of aromatic nitrogens is 2. The third kappa shape index (κ3) is 5.90. The Kier molecular flexibility index (Phi) is 8.43. The monoisotopic (exact) mass is 451 g/mol. The summed E-state index contributed by atoms with van der Waals surface area (Å²) in [4.78, 5) is 21.0. The third-order valence-corrected chi connectivity index (χ3v) is 5.44. The summed E-state index contributed by atoms with van der Waals surface area (Å²) in [6.45, 7) is 7.82. The van der Waals surface area contributed by atoms with E-state index in [0.717, 1.165) is 42.4 Å². The maximum absolute atomic E-state index is 12.2. The maximum Gasteiger partial charge on any atom is 0.244 e. The molecule has 8 nitrogen and oxygen atoms in total. The minimum absolute atomic E-state index is 0.110. The third-order valence-electron chi connectivity index (χ3n) is 5.44. The zero-order valence-electron chi connectivity index (χ0n) is 19.7. The van der Waals surface area contributed by atoms with Gasteiger partial charge in [0.1, 0.15) is 24.3 Å². The summed E-state index contributed by atoms with van der Waals surface area (Å²) in [6, 6.07) is 10.6. The molecule has 4 N–H and O–H groups in total. The van der Waals surface area contributed by atoms with Gasteiger partial charge >= 0.3 is 0 Å². The van der Waals surface area contributed by atoms with Gasteiger partial charge in [0.25, 0.3) is 0 Å². The fourth-order valence-electron chi connectivity index (χ4n) is 3.83. The predicted molar refractivity (Wildman–Crippen MR) is 131 cm³/mol. The van der Waals surface area contributed by atoms with Gasteiger partial charge in [-0.05, 0) is 44.5 Å². The molecule has 3 aromatic rings. The van der Waals surface area contributed by atoms with Crippen molar-refractivity contribution in [1.29, 1.82) is 0 Å². The van der Waals surface area contributed by atoms with Crippen LogP contribution in [0.15, 0.2) is 42.7 Å². The molecule has 1 saturated heterocycles. The van der Waals surface area contributed by atoms with Crippen molar-refractivity contribution in [3.63, 3.8) is 0 Å². The first-order valence-corrected chi connectivity index (χ1v) is 11.4. The highest BCUT2D eigenvalue weighted by atomic mass is 16.5. The molecule has 1 aliphatic rings. The Bertz CT molecular complexity index is 1080. The quantitative estimate of drug-likeness (QED) is 0.502. The van der Waals surface area contributed by atoms with Crippen LogP contribution >= 0.6 is 0 Å². The zero-order chi connectivity index (χ0) is 23.8. The summed E-state index contributed by atoms with van der Waals surface area (Å²) in [5.74, 6) is 1.26. The highest BCUT2D eigenvalue weighted by Gasteiger charge is 2.22. The van der Waals surface area contributed by atoms with Gasteiger partial charge < -0.3 is 25.8 Å². The number of aryl methyl sites for hydroxylation is 1. The normalized spacial score (nSPS) is 14.7. The van der Waals surface area contributed by atoms with Gasteiger partial charge in [-0.2, -0.15) is 0 Å². The van der Waals surface area contributed by atoms with Crippen LogP contribution in [-0.4, -0.2) is 42.2 Å². The number of nitrogens with two attached hydrogens (primary N) is 1. The SMILES string of the molecule is CC.COc1cc2ncnc(NC(C(N)=O)c3cccc(C)c3)c2cc1OC1CCNCC1. The van der Waals surface area contributed by atoms with Gasteiger partial charge in [0.2, 0.25) is 5.91 Å². The van der Waals surface area contributed by atoms with Gasteiger partial charge in [-0.1, -0.05) is 43.7 Å². The van der Waals surface area contributed by atoms with Crippen LogP contribution in [0.5, 0.6) is 11.5 Å². The lowest BCUT2D eigenvalue weighted by Crippen LogP contribution is -2.34. The zero-order valence-corrected chi connectivity index (χ0v) is 19.7. The molecule has 1 aliphatic heterocycles. The number of benzene rings is 2. The van der Waals surface area contributed by atoms with Crippen LogP contribution in [0.25, 0.3) is 10.9 Å². The molecule has 0 radical (unpaired) electrons. The van der Waals surface area contributed by atoms with Crippen LogP contribution in [0.4, 0.5) is 5.82 Å². The van der Waals surface area contributed by atoms with Crippen LogP contribution in [0.3, 0.4) is 0 Å². The van der Waals surface area contributed by atoms with E-state index in [9.17, 15) is 4.79 Å². The standard InChI is InChI=1S/C23H27N5O3.C2H6/c1-14-4-3-5-15(10-14)21(22(24)29)28-23-17-11-20(31-16-6-8-25-9-7-16)19(30-2)12-18(17)26-13-27-23;1-2/h3-5,10-13,16,21,25H,6-9H2,1-2H3,(H2,24,29)(H,26,27,28);1-2H3. The molecule has 33 heavy (non-hydrogen) atoms. The first kappa shape index (κ1) is 24.3. The number of amides is 1. The van der Waals surface area contributed by atoms with Crippen molar-refractivity contribution in [2.24, 2.45) is 5.73 Å². The number of ether oxygens (including phenoxy) is 2. The predicted octanol–water partition coefficient (Wildman–Crippen LogP) is 3.74. The Hall–Kier alpha value is -3.39. The number of carbonyl (C=O) groups excluding carboxylic acids is 1. The van der Waals surface area contributed by atoms with Crippen molar-refractivity contribution in [2.75, 3.05) is 25.5 Å². The molecule has 0 bridgehead atoms. The van der Waals surface area contributed by atoms with Crippen LogP contribution in [0.1, 0.15) is 43.9 Å². The molecule has 8 heteroatoms. The van der Waals surface area contributed by atoms with E-state index in [1.54, 1.807) is 7.11 Å². The number of hydrogen-bond acceptors (Lipinski definition) is 7. The van der Waals surface area contributed by atoms with Crippen molar-refractivity contribution in [3.8, 4) is 11.5 Å². The molecule has 4 rings (SSSR count). The van der Waals surface area contributed by atoms with Gasteiger partial charge in [0.15, 0.2) is 11.5 Å². The molecular weight excluding hydrogens is 418 g/mol. The highest BCUT2D eigenvalue weighted by molar-refractivity contribution is 5.94. The van der Waals surface area contributed by atoms with E-state index in [-0.39, 0.29) is 6.10 Å². The first-order chi connectivity index (χ1) is 16.0. The van der Waals surface area contributed by atoms with Gasteiger partial charge in [-0.3, -0.25) is 4.79 Å². The van der Waals surface area contributed by atoms with Crippen LogP contribution in [0.2, 0.25) is 0 Å². The van der Waals surface area contributed by atoms with Gasteiger partial charge in [-0.25, -0.2) is 9.97 Å². The summed E-state index contributed by atoms with van der Waals surface area (Å²) >= 11 is 0. The number of fused-ring (bicyclic) bond motifs is 1. The molecule has 0 spiro atoms. The summed E-state index contributed by atoms with van der Waals surface area (Å²) in [6.07, 6.45) is 3.41. The number of primary amides is 1. The van der Waals surface area contributed by atoms with E-state index in [2.05, 4.69) is 20.6 Å². The summed E-state index contributed by atoms with van der Waals surface area (Å²) in [5.41, 5.74) is 8.21. The molecule has 1 amide bonds. The molecule has 0 aliphatic carbocycles. The molecule has 1 aromatic heterocycles. The molecule has 1 unspecified atom stereocenters. The van der Waals surface area contributed by atoms with E-state index >= 15 is 0 Å². The topological polar surface area (TPSA) is 111 Å². The smallest absolute Gasteiger partial charge is 0.244 e. The molecule has 1 fully saturated rings. The summed E-state index contributed by atoms with van der Waals surface area (Å²) < 4.78 is 11.8. The summed E-state index contributed by atoms with van der Waals surface area (Å²) in [5, 5.41) is 7.26. The average molecular weight is 452 g/mol. The van der Waals surface area contributed by atoms with E-state index in [1.807, 2.05) is 57.2 Å². The molecular formula is C25H33N5O3.